The number of carbonyl (C=O) groups is 2. The van der Waals surface area contributed by atoms with Gasteiger partial charge in [-0.25, -0.2) is 0 Å². The van der Waals surface area contributed by atoms with Crippen LogP contribution in [0.5, 0.6) is 5.75 Å². The van der Waals surface area contributed by atoms with Gasteiger partial charge in [0, 0.05) is 22.6 Å². The number of nitrogens with zero attached hydrogens (tertiary/aromatic N) is 1. The van der Waals surface area contributed by atoms with E-state index in [4.69, 9.17) is 16.3 Å². The summed E-state index contributed by atoms with van der Waals surface area (Å²) >= 11 is 9.87. The molecule has 2 aromatic carbocycles. The van der Waals surface area contributed by atoms with Gasteiger partial charge in [0.2, 0.25) is 5.91 Å². The van der Waals surface area contributed by atoms with Crippen molar-refractivity contribution >= 4 is 39.3 Å². The van der Waals surface area contributed by atoms with Gasteiger partial charge in [-0.15, -0.1) is 0 Å². The van der Waals surface area contributed by atoms with Crippen molar-refractivity contribution < 1.29 is 14.3 Å². The maximum Gasteiger partial charge on any atom is 0.261 e. The van der Waals surface area contributed by atoms with Gasteiger partial charge in [0.05, 0.1) is 0 Å². The van der Waals surface area contributed by atoms with E-state index in [0.29, 0.717) is 23.7 Å². The quantitative estimate of drug-likeness (QED) is 0.464. The summed E-state index contributed by atoms with van der Waals surface area (Å²) in [4.78, 5) is 27.5. The fourth-order valence-corrected chi connectivity index (χ4v) is 3.74. The Kier molecular flexibility index (Phi) is 9.85. The largest absolute Gasteiger partial charge is 0.484 e. The first-order chi connectivity index (χ1) is 14.8. The number of rotatable bonds is 10. The van der Waals surface area contributed by atoms with Crippen LogP contribution < -0.4 is 10.1 Å². The lowest BCUT2D eigenvalue weighted by Gasteiger charge is -2.31. The SMILES string of the molecule is CCCNC(=O)[C@H](CC)N(Cc1ccccc1Cl)C(=O)COc1cc(C)c(Br)c(C)c1. The molecule has 168 valence electrons. The Morgan fingerprint density at radius 2 is 1.81 bits per heavy atom. The molecule has 1 N–H and O–H groups in total. The van der Waals surface area contributed by atoms with E-state index in [1.54, 1.807) is 11.0 Å². The predicted molar refractivity (Wildman–Crippen MR) is 128 cm³/mol. The molecule has 31 heavy (non-hydrogen) atoms. The van der Waals surface area contributed by atoms with E-state index in [2.05, 4.69) is 21.2 Å². The zero-order valence-corrected chi connectivity index (χ0v) is 20.8. The van der Waals surface area contributed by atoms with Crippen molar-refractivity contribution in [3.05, 3.63) is 62.6 Å². The lowest BCUT2D eigenvalue weighted by atomic mass is 10.1. The highest BCUT2D eigenvalue weighted by Gasteiger charge is 2.29. The van der Waals surface area contributed by atoms with E-state index >= 15 is 0 Å². The van der Waals surface area contributed by atoms with Crippen LogP contribution in [0.1, 0.15) is 43.4 Å². The third kappa shape index (κ3) is 6.97. The molecule has 0 unspecified atom stereocenters. The number of amides is 2. The Balaban J connectivity index is 2.24. The van der Waals surface area contributed by atoms with Crippen molar-refractivity contribution in [2.45, 2.75) is 53.1 Å². The molecule has 1 atom stereocenters. The summed E-state index contributed by atoms with van der Waals surface area (Å²) in [5.74, 6) is 0.185. The zero-order chi connectivity index (χ0) is 23.0. The van der Waals surface area contributed by atoms with Crippen LogP contribution in [0.3, 0.4) is 0 Å². The monoisotopic (exact) mass is 508 g/mol. The smallest absolute Gasteiger partial charge is 0.261 e. The average molecular weight is 510 g/mol. The van der Waals surface area contributed by atoms with Crippen LogP contribution in [-0.4, -0.2) is 35.9 Å². The first kappa shape index (κ1) is 25.2. The van der Waals surface area contributed by atoms with Gasteiger partial charge in [0.1, 0.15) is 11.8 Å². The van der Waals surface area contributed by atoms with E-state index < -0.39 is 6.04 Å². The molecular weight excluding hydrogens is 480 g/mol. The summed E-state index contributed by atoms with van der Waals surface area (Å²) in [6.07, 6.45) is 1.31. The Labute approximate surface area is 198 Å². The molecule has 2 aromatic rings. The lowest BCUT2D eigenvalue weighted by Crippen LogP contribution is -2.50. The average Bonchev–Trinajstić information content (AvgIpc) is 2.75. The molecule has 0 aliphatic rings. The highest BCUT2D eigenvalue weighted by atomic mass is 79.9. The molecule has 0 bridgehead atoms. The van der Waals surface area contributed by atoms with Crippen LogP contribution in [0.4, 0.5) is 0 Å². The zero-order valence-electron chi connectivity index (χ0n) is 18.5. The number of nitrogens with one attached hydrogen (secondary N) is 1. The summed E-state index contributed by atoms with van der Waals surface area (Å²) in [6, 6.07) is 10.5. The second-order valence-electron chi connectivity index (χ2n) is 7.49. The van der Waals surface area contributed by atoms with Crippen molar-refractivity contribution in [1.82, 2.24) is 10.2 Å². The van der Waals surface area contributed by atoms with Crippen molar-refractivity contribution in [2.75, 3.05) is 13.2 Å². The third-order valence-electron chi connectivity index (χ3n) is 5.01. The number of ether oxygens (including phenoxy) is 1. The fraction of sp³-hybridized carbons (Fsp3) is 0.417. The number of carbonyl (C=O) groups excluding carboxylic acids is 2. The van der Waals surface area contributed by atoms with Gasteiger partial charge >= 0.3 is 0 Å². The van der Waals surface area contributed by atoms with E-state index in [9.17, 15) is 9.59 Å². The van der Waals surface area contributed by atoms with E-state index in [-0.39, 0.29) is 25.0 Å². The maximum absolute atomic E-state index is 13.2. The Hall–Kier alpha value is -2.05. The molecule has 0 aromatic heterocycles. The maximum atomic E-state index is 13.2. The van der Waals surface area contributed by atoms with Crippen LogP contribution in [0.2, 0.25) is 5.02 Å². The molecule has 7 heteroatoms. The minimum Gasteiger partial charge on any atom is -0.484 e. The molecule has 0 heterocycles. The lowest BCUT2D eigenvalue weighted by molar-refractivity contribution is -0.143. The standard InChI is InChI=1S/C24H30BrClN2O3/c1-5-11-27-24(30)21(6-2)28(14-18-9-7-8-10-20(18)26)22(29)15-31-19-12-16(3)23(25)17(4)13-19/h7-10,12-13,21H,5-6,11,14-15H2,1-4H3,(H,27,30)/t21-/m0/s1. The number of hydrogen-bond acceptors (Lipinski definition) is 3. The van der Waals surface area contributed by atoms with Gasteiger partial charge in [0.15, 0.2) is 6.61 Å². The van der Waals surface area contributed by atoms with Gasteiger partial charge in [-0.1, -0.05) is 59.6 Å². The minimum absolute atomic E-state index is 0.164. The molecular formula is C24H30BrClN2O3. The van der Waals surface area contributed by atoms with Gasteiger partial charge in [-0.05, 0) is 61.6 Å². The Morgan fingerprint density at radius 1 is 1.16 bits per heavy atom. The molecule has 2 amide bonds. The van der Waals surface area contributed by atoms with Crippen LogP contribution in [0, 0.1) is 13.8 Å². The number of aryl methyl sites for hydroxylation is 2. The van der Waals surface area contributed by atoms with Crippen LogP contribution in [-0.2, 0) is 16.1 Å². The van der Waals surface area contributed by atoms with Crippen molar-refractivity contribution in [1.29, 1.82) is 0 Å². The third-order valence-corrected chi connectivity index (χ3v) is 6.63. The molecule has 2 rings (SSSR count). The van der Waals surface area contributed by atoms with Crippen LogP contribution >= 0.6 is 27.5 Å². The molecule has 0 aliphatic heterocycles. The summed E-state index contributed by atoms with van der Waals surface area (Å²) in [6.45, 7) is 8.47. The van der Waals surface area contributed by atoms with Gasteiger partial charge in [-0.3, -0.25) is 9.59 Å². The number of hydrogen-bond donors (Lipinski definition) is 1. The Morgan fingerprint density at radius 3 is 2.39 bits per heavy atom. The van der Waals surface area contributed by atoms with Crippen molar-refractivity contribution in [3.63, 3.8) is 0 Å². The number of benzene rings is 2. The summed E-state index contributed by atoms with van der Waals surface area (Å²) < 4.78 is 6.83. The van der Waals surface area contributed by atoms with Crippen LogP contribution in [0.25, 0.3) is 0 Å². The van der Waals surface area contributed by atoms with Gasteiger partial charge in [-0.2, -0.15) is 0 Å². The topological polar surface area (TPSA) is 58.6 Å². The summed E-state index contributed by atoms with van der Waals surface area (Å²) in [7, 11) is 0. The highest BCUT2D eigenvalue weighted by molar-refractivity contribution is 9.10. The fourth-order valence-electron chi connectivity index (χ4n) is 3.31. The number of halogens is 2. The first-order valence-electron chi connectivity index (χ1n) is 10.5. The van der Waals surface area contributed by atoms with E-state index in [1.165, 1.54) is 0 Å². The van der Waals surface area contributed by atoms with Crippen LogP contribution in [0.15, 0.2) is 40.9 Å². The van der Waals surface area contributed by atoms with Gasteiger partial charge < -0.3 is 15.0 Å². The molecule has 0 saturated carbocycles. The molecule has 0 spiro atoms. The van der Waals surface area contributed by atoms with Crippen molar-refractivity contribution in [3.8, 4) is 5.75 Å². The summed E-state index contributed by atoms with van der Waals surface area (Å²) in [5, 5.41) is 3.46. The molecule has 0 aliphatic carbocycles. The molecule has 5 nitrogen and oxygen atoms in total. The highest BCUT2D eigenvalue weighted by Crippen LogP contribution is 2.26. The normalized spacial score (nSPS) is 11.7. The van der Waals surface area contributed by atoms with Gasteiger partial charge in [0.25, 0.3) is 5.91 Å². The second-order valence-corrected chi connectivity index (χ2v) is 8.69. The molecule has 0 fully saturated rings. The predicted octanol–water partition coefficient (Wildman–Crippen LogP) is 5.43. The second kappa shape index (κ2) is 12.1. The Bertz CT molecular complexity index is 896. The first-order valence-corrected chi connectivity index (χ1v) is 11.7. The van der Waals surface area contributed by atoms with E-state index in [0.717, 1.165) is 27.6 Å². The summed E-state index contributed by atoms with van der Waals surface area (Å²) in [5.41, 5.74) is 2.84. The molecule has 0 saturated heterocycles. The van der Waals surface area contributed by atoms with E-state index in [1.807, 2.05) is 58.0 Å². The minimum atomic E-state index is -0.604. The van der Waals surface area contributed by atoms with Crippen molar-refractivity contribution in [2.24, 2.45) is 0 Å². The molecule has 0 radical (unpaired) electrons.